The second-order valence-corrected chi connectivity index (χ2v) is 5.71. The van der Waals surface area contributed by atoms with E-state index in [1.165, 1.54) is 19.2 Å². The van der Waals surface area contributed by atoms with E-state index in [0.717, 1.165) is 16.0 Å². The number of hydrogen-bond acceptors (Lipinski definition) is 4. The lowest BCUT2D eigenvalue weighted by Gasteiger charge is -2.07. The topological polar surface area (TPSA) is 95.9 Å². The van der Waals surface area contributed by atoms with Crippen LogP contribution in [0.4, 0.5) is 4.79 Å². The number of nitrogens with one attached hydrogen (secondary N) is 1. The van der Waals surface area contributed by atoms with Crippen LogP contribution in [0, 0.1) is 0 Å². The molecule has 132 valence electrons. The van der Waals surface area contributed by atoms with Gasteiger partial charge in [0, 0.05) is 7.05 Å². The Morgan fingerprint density at radius 1 is 1.12 bits per heavy atom. The summed E-state index contributed by atoms with van der Waals surface area (Å²) < 4.78 is 5.66. The Balaban J connectivity index is 1.62. The van der Waals surface area contributed by atoms with Gasteiger partial charge < -0.3 is 15.2 Å². The predicted octanol–water partition coefficient (Wildman–Crippen LogP) is 2.49. The van der Waals surface area contributed by atoms with Crippen LogP contribution in [0.1, 0.15) is 21.5 Å². The number of ether oxygens (including phenoxy) is 1. The van der Waals surface area contributed by atoms with Gasteiger partial charge in [-0.25, -0.2) is 9.59 Å². The third-order valence-corrected chi connectivity index (χ3v) is 3.88. The monoisotopic (exact) mass is 352 g/mol. The number of carboxylic acids is 1. The molecular weight excluding hydrogens is 336 g/mol. The second kappa shape index (κ2) is 7.10. The van der Waals surface area contributed by atoms with Crippen LogP contribution in [0.15, 0.2) is 54.2 Å². The van der Waals surface area contributed by atoms with Crippen molar-refractivity contribution in [2.45, 2.75) is 6.61 Å². The van der Waals surface area contributed by atoms with Gasteiger partial charge in [0.05, 0.1) is 5.56 Å². The number of carboxylic acid groups (broad SMARTS) is 1. The molecule has 0 bridgehead atoms. The molecular formula is C19H16N2O5. The average Bonchev–Trinajstić information content (AvgIpc) is 2.88. The summed E-state index contributed by atoms with van der Waals surface area (Å²) in [5.41, 5.74) is 2.06. The molecule has 1 aliphatic rings. The molecule has 7 nitrogen and oxygen atoms in total. The molecule has 0 unspecified atom stereocenters. The number of imide groups is 1. The number of carbonyl (C=O) groups is 3. The normalized spacial score (nSPS) is 15.3. The number of likely N-dealkylation sites (N-methyl/N-ethyl adjacent to an activating group) is 1. The Kier molecular flexibility index (Phi) is 4.70. The smallest absolute Gasteiger partial charge is 0.335 e. The molecule has 2 aromatic carbocycles. The van der Waals surface area contributed by atoms with Crippen molar-refractivity contribution in [1.29, 1.82) is 0 Å². The number of nitrogens with zero attached hydrogens (tertiary/aromatic N) is 1. The van der Waals surface area contributed by atoms with Crippen molar-refractivity contribution < 1.29 is 24.2 Å². The highest BCUT2D eigenvalue weighted by Gasteiger charge is 2.29. The highest BCUT2D eigenvalue weighted by Crippen LogP contribution is 2.18. The standard InChI is InChI=1S/C19H16N2O5/c1-21-17(22)16(20-19(21)25)10-12-4-8-15(9-5-12)26-11-13-2-6-14(7-3-13)18(23)24/h2-10H,11H2,1H3,(H,20,25)(H,23,24)/b16-10+. The van der Waals surface area contributed by atoms with E-state index in [2.05, 4.69) is 5.32 Å². The summed E-state index contributed by atoms with van der Waals surface area (Å²) in [5.74, 6) is -0.709. The molecule has 0 spiro atoms. The molecule has 7 heteroatoms. The maximum absolute atomic E-state index is 11.8. The van der Waals surface area contributed by atoms with Crippen molar-refractivity contribution in [3.63, 3.8) is 0 Å². The van der Waals surface area contributed by atoms with Gasteiger partial charge in [-0.2, -0.15) is 0 Å². The lowest BCUT2D eigenvalue weighted by Crippen LogP contribution is -2.25. The van der Waals surface area contributed by atoms with Crippen LogP contribution in [-0.2, 0) is 11.4 Å². The predicted molar refractivity (Wildman–Crippen MR) is 93.5 cm³/mol. The first-order valence-corrected chi connectivity index (χ1v) is 7.80. The van der Waals surface area contributed by atoms with Gasteiger partial charge in [0.2, 0.25) is 0 Å². The number of amides is 3. The quantitative estimate of drug-likeness (QED) is 0.637. The third kappa shape index (κ3) is 3.72. The Labute approximate surface area is 149 Å². The molecule has 0 aliphatic carbocycles. The van der Waals surface area contributed by atoms with Crippen molar-refractivity contribution >= 4 is 24.0 Å². The Morgan fingerprint density at radius 3 is 2.31 bits per heavy atom. The third-order valence-electron chi connectivity index (χ3n) is 3.88. The van der Waals surface area contributed by atoms with Crippen LogP contribution in [0.5, 0.6) is 5.75 Å². The Hall–Kier alpha value is -3.61. The zero-order chi connectivity index (χ0) is 18.7. The number of urea groups is 1. The SMILES string of the molecule is CN1C(=O)N/C(=C/c2ccc(OCc3ccc(C(=O)O)cc3)cc2)C1=O. The molecule has 2 N–H and O–H groups in total. The number of rotatable bonds is 5. The maximum atomic E-state index is 11.8. The lowest BCUT2D eigenvalue weighted by molar-refractivity contribution is -0.121. The molecule has 0 radical (unpaired) electrons. The second-order valence-electron chi connectivity index (χ2n) is 5.71. The highest BCUT2D eigenvalue weighted by atomic mass is 16.5. The van der Waals surface area contributed by atoms with Crippen LogP contribution >= 0.6 is 0 Å². The van der Waals surface area contributed by atoms with Crippen molar-refractivity contribution in [3.05, 3.63) is 70.9 Å². The van der Waals surface area contributed by atoms with Crippen LogP contribution in [0.25, 0.3) is 6.08 Å². The zero-order valence-corrected chi connectivity index (χ0v) is 13.9. The van der Waals surface area contributed by atoms with Crippen molar-refractivity contribution in [3.8, 4) is 5.75 Å². The first kappa shape index (κ1) is 17.2. The molecule has 1 fully saturated rings. The van der Waals surface area contributed by atoms with Crippen LogP contribution in [-0.4, -0.2) is 35.0 Å². The Morgan fingerprint density at radius 2 is 1.77 bits per heavy atom. The fourth-order valence-electron chi connectivity index (χ4n) is 2.36. The fourth-order valence-corrected chi connectivity index (χ4v) is 2.36. The molecule has 3 amide bonds. The van der Waals surface area contributed by atoms with E-state index in [1.54, 1.807) is 42.5 Å². The minimum Gasteiger partial charge on any atom is -0.489 e. The van der Waals surface area contributed by atoms with Gasteiger partial charge in [-0.15, -0.1) is 0 Å². The van der Waals surface area contributed by atoms with Gasteiger partial charge in [0.25, 0.3) is 5.91 Å². The van der Waals surface area contributed by atoms with E-state index in [1.807, 2.05) is 0 Å². The van der Waals surface area contributed by atoms with Gasteiger partial charge in [-0.3, -0.25) is 9.69 Å². The summed E-state index contributed by atoms with van der Waals surface area (Å²) in [6.45, 7) is 0.305. The Bertz CT molecular complexity index is 885. The van der Waals surface area contributed by atoms with E-state index in [4.69, 9.17) is 9.84 Å². The molecule has 1 aliphatic heterocycles. The van der Waals surface area contributed by atoms with Gasteiger partial charge in [-0.05, 0) is 41.5 Å². The molecule has 0 aromatic heterocycles. The van der Waals surface area contributed by atoms with Crippen molar-refractivity contribution in [1.82, 2.24) is 10.2 Å². The molecule has 0 atom stereocenters. The number of carbonyl (C=O) groups excluding carboxylic acids is 2. The minimum absolute atomic E-state index is 0.227. The summed E-state index contributed by atoms with van der Waals surface area (Å²) in [7, 11) is 1.42. The van der Waals surface area contributed by atoms with Gasteiger partial charge >= 0.3 is 12.0 Å². The number of hydrogen-bond donors (Lipinski definition) is 2. The summed E-state index contributed by atoms with van der Waals surface area (Å²) in [6.07, 6.45) is 1.60. The van der Waals surface area contributed by atoms with E-state index >= 15 is 0 Å². The molecule has 1 heterocycles. The minimum atomic E-state index is -0.967. The largest absolute Gasteiger partial charge is 0.489 e. The summed E-state index contributed by atoms with van der Waals surface area (Å²) in [5, 5.41) is 11.4. The molecule has 0 saturated carbocycles. The number of benzene rings is 2. The van der Waals surface area contributed by atoms with Crippen LogP contribution in [0.3, 0.4) is 0 Å². The summed E-state index contributed by atoms with van der Waals surface area (Å²) in [4.78, 5) is 35.1. The summed E-state index contributed by atoms with van der Waals surface area (Å²) in [6, 6.07) is 13.1. The van der Waals surface area contributed by atoms with E-state index in [0.29, 0.717) is 12.4 Å². The summed E-state index contributed by atoms with van der Waals surface area (Å²) >= 11 is 0. The molecule has 2 aromatic rings. The first-order chi connectivity index (χ1) is 12.4. The van der Waals surface area contributed by atoms with Gasteiger partial charge in [-0.1, -0.05) is 24.3 Å². The molecule has 26 heavy (non-hydrogen) atoms. The van der Waals surface area contributed by atoms with Gasteiger partial charge in [0.15, 0.2) is 0 Å². The zero-order valence-electron chi connectivity index (χ0n) is 13.9. The lowest BCUT2D eigenvalue weighted by atomic mass is 10.1. The fraction of sp³-hybridized carbons (Fsp3) is 0.105. The molecule has 1 saturated heterocycles. The van der Waals surface area contributed by atoms with E-state index in [9.17, 15) is 14.4 Å². The van der Waals surface area contributed by atoms with Crippen molar-refractivity contribution in [2.75, 3.05) is 7.05 Å². The first-order valence-electron chi connectivity index (χ1n) is 7.80. The van der Waals surface area contributed by atoms with Crippen molar-refractivity contribution in [2.24, 2.45) is 0 Å². The number of aromatic carboxylic acids is 1. The average molecular weight is 352 g/mol. The highest BCUT2D eigenvalue weighted by molar-refractivity contribution is 6.13. The van der Waals surface area contributed by atoms with E-state index < -0.39 is 12.0 Å². The van der Waals surface area contributed by atoms with E-state index in [-0.39, 0.29) is 17.2 Å². The molecule has 3 rings (SSSR count). The van der Waals surface area contributed by atoms with Gasteiger partial charge in [0.1, 0.15) is 18.1 Å². The maximum Gasteiger partial charge on any atom is 0.335 e. The van der Waals surface area contributed by atoms with Crippen LogP contribution < -0.4 is 10.1 Å². The van der Waals surface area contributed by atoms with Crippen LogP contribution in [0.2, 0.25) is 0 Å².